The number of nitrogens with one attached hydrogen (secondary N) is 1. The number of aromatic nitrogens is 2. The summed E-state index contributed by atoms with van der Waals surface area (Å²) in [6.07, 6.45) is -2.50. The number of benzene rings is 1. The molecule has 19 heavy (non-hydrogen) atoms. The van der Waals surface area contributed by atoms with Gasteiger partial charge in [0, 0.05) is 12.6 Å². The van der Waals surface area contributed by atoms with Crippen LogP contribution < -0.4 is 5.32 Å². The molecular weight excluding hydrogens is 255 g/mol. The summed E-state index contributed by atoms with van der Waals surface area (Å²) in [6, 6.07) is 6.84. The van der Waals surface area contributed by atoms with Crippen molar-refractivity contribution in [3.63, 3.8) is 0 Å². The van der Waals surface area contributed by atoms with Gasteiger partial charge in [0.1, 0.15) is 0 Å². The van der Waals surface area contributed by atoms with Crippen molar-refractivity contribution in [1.29, 1.82) is 0 Å². The molecule has 0 amide bonds. The van der Waals surface area contributed by atoms with Crippen LogP contribution in [0.1, 0.15) is 18.7 Å². The van der Waals surface area contributed by atoms with Gasteiger partial charge in [0.2, 0.25) is 5.82 Å². The van der Waals surface area contributed by atoms with Gasteiger partial charge < -0.3 is 9.88 Å². The number of hydrogen-bond acceptors (Lipinski definition) is 2. The lowest BCUT2D eigenvalue weighted by Gasteiger charge is -2.15. The van der Waals surface area contributed by atoms with Crippen LogP contribution in [0.3, 0.4) is 0 Å². The number of imidazole rings is 1. The van der Waals surface area contributed by atoms with Crippen LogP contribution in [0.4, 0.5) is 13.2 Å². The van der Waals surface area contributed by atoms with Crippen LogP contribution in [-0.4, -0.2) is 22.1 Å². The number of nitrogens with zero attached hydrogens (tertiary/aromatic N) is 2. The van der Waals surface area contributed by atoms with Crippen LogP contribution in [0.5, 0.6) is 0 Å². The molecule has 3 nitrogen and oxygen atoms in total. The van der Waals surface area contributed by atoms with E-state index in [1.54, 1.807) is 24.3 Å². The zero-order valence-corrected chi connectivity index (χ0v) is 10.2. The topological polar surface area (TPSA) is 29.9 Å². The quantitative estimate of drug-likeness (QED) is 0.908. The van der Waals surface area contributed by atoms with Gasteiger partial charge in [-0.1, -0.05) is 12.1 Å². The molecule has 1 atom stereocenters. The summed E-state index contributed by atoms with van der Waals surface area (Å²) >= 11 is 0. The minimum absolute atomic E-state index is 0.0960. The number of rotatable bonds is 2. The average Bonchev–Trinajstić information content (AvgIpc) is 2.97. The fraction of sp³-hybridized carbons (Fsp3) is 0.462. The molecule has 1 aliphatic heterocycles. The first-order valence-electron chi connectivity index (χ1n) is 6.31. The van der Waals surface area contributed by atoms with Crippen molar-refractivity contribution in [3.05, 3.63) is 30.1 Å². The molecule has 1 aromatic carbocycles. The fourth-order valence-corrected chi connectivity index (χ4v) is 2.61. The molecule has 6 heteroatoms. The van der Waals surface area contributed by atoms with E-state index >= 15 is 0 Å². The highest BCUT2D eigenvalue weighted by Crippen LogP contribution is 2.32. The third-order valence-corrected chi connectivity index (χ3v) is 3.47. The van der Waals surface area contributed by atoms with Crippen LogP contribution in [0.25, 0.3) is 11.0 Å². The summed E-state index contributed by atoms with van der Waals surface area (Å²) in [4.78, 5) is 3.74. The van der Waals surface area contributed by atoms with E-state index in [9.17, 15) is 13.2 Å². The van der Waals surface area contributed by atoms with Crippen molar-refractivity contribution in [2.45, 2.75) is 31.6 Å². The molecule has 1 saturated heterocycles. The Morgan fingerprint density at radius 1 is 1.32 bits per heavy atom. The molecule has 1 fully saturated rings. The molecule has 2 heterocycles. The Labute approximate surface area is 108 Å². The smallest absolute Gasteiger partial charge is 0.319 e. The summed E-state index contributed by atoms with van der Waals surface area (Å²) in [7, 11) is 0. The summed E-state index contributed by atoms with van der Waals surface area (Å²) in [5.41, 5.74) is 0.941. The number of para-hydroxylation sites is 2. The Morgan fingerprint density at radius 2 is 2.11 bits per heavy atom. The summed E-state index contributed by atoms with van der Waals surface area (Å²) in [6.45, 7) is 1.19. The zero-order chi connectivity index (χ0) is 13.5. The van der Waals surface area contributed by atoms with Crippen molar-refractivity contribution in [1.82, 2.24) is 14.9 Å². The van der Waals surface area contributed by atoms with Gasteiger partial charge in [0.25, 0.3) is 0 Å². The molecular formula is C13H14F3N3. The van der Waals surface area contributed by atoms with E-state index in [-0.39, 0.29) is 6.04 Å². The van der Waals surface area contributed by atoms with Gasteiger partial charge in [-0.25, -0.2) is 4.98 Å². The molecule has 1 unspecified atom stereocenters. The Bertz CT molecular complexity index is 582. The molecule has 102 valence electrons. The summed E-state index contributed by atoms with van der Waals surface area (Å²) < 4.78 is 40.5. The van der Waals surface area contributed by atoms with Crippen molar-refractivity contribution in [2.75, 3.05) is 6.54 Å². The van der Waals surface area contributed by atoms with E-state index < -0.39 is 12.0 Å². The van der Waals surface area contributed by atoms with Gasteiger partial charge in [-0.15, -0.1) is 0 Å². The molecule has 1 N–H and O–H groups in total. The first kappa shape index (κ1) is 12.5. The monoisotopic (exact) mass is 269 g/mol. The zero-order valence-electron chi connectivity index (χ0n) is 10.2. The molecule has 2 aromatic rings. The van der Waals surface area contributed by atoms with E-state index in [2.05, 4.69) is 10.3 Å². The van der Waals surface area contributed by atoms with Crippen molar-refractivity contribution >= 4 is 11.0 Å². The lowest BCUT2D eigenvalue weighted by molar-refractivity contribution is -0.147. The van der Waals surface area contributed by atoms with E-state index in [1.165, 1.54) is 4.57 Å². The maximum Gasteiger partial charge on any atom is 0.449 e. The van der Waals surface area contributed by atoms with Gasteiger partial charge in [0.05, 0.1) is 11.0 Å². The molecule has 1 aliphatic rings. The highest BCUT2D eigenvalue weighted by molar-refractivity contribution is 5.76. The maximum absolute atomic E-state index is 13.1. The molecule has 0 radical (unpaired) electrons. The van der Waals surface area contributed by atoms with E-state index in [1.807, 2.05) is 0 Å². The second-order valence-corrected chi connectivity index (χ2v) is 4.83. The second-order valence-electron chi connectivity index (χ2n) is 4.83. The normalized spacial score (nSPS) is 20.3. The van der Waals surface area contributed by atoms with Crippen LogP contribution >= 0.6 is 0 Å². The Hall–Kier alpha value is -1.56. The highest BCUT2D eigenvalue weighted by Gasteiger charge is 2.38. The summed E-state index contributed by atoms with van der Waals surface area (Å²) in [5.74, 6) is -0.803. The predicted molar refractivity (Wildman–Crippen MR) is 65.8 cm³/mol. The van der Waals surface area contributed by atoms with Gasteiger partial charge in [-0.3, -0.25) is 0 Å². The Kier molecular flexibility index (Phi) is 2.97. The van der Waals surface area contributed by atoms with Gasteiger partial charge in [-0.05, 0) is 31.5 Å². The summed E-state index contributed by atoms with van der Waals surface area (Å²) in [5, 5.41) is 3.22. The molecule has 0 saturated carbocycles. The van der Waals surface area contributed by atoms with E-state index in [4.69, 9.17) is 0 Å². The number of alkyl halides is 3. The Balaban J connectivity index is 2.07. The maximum atomic E-state index is 13.1. The van der Waals surface area contributed by atoms with Gasteiger partial charge >= 0.3 is 6.18 Å². The predicted octanol–water partition coefficient (Wildman–Crippen LogP) is 2.81. The minimum Gasteiger partial charge on any atom is -0.319 e. The lowest BCUT2D eigenvalue weighted by Crippen LogP contribution is -2.29. The SMILES string of the molecule is FC(F)(F)c1nc2ccccc2n1CC1CCCN1. The van der Waals surface area contributed by atoms with Crippen LogP contribution in [0.15, 0.2) is 24.3 Å². The average molecular weight is 269 g/mol. The van der Waals surface area contributed by atoms with Crippen molar-refractivity contribution in [3.8, 4) is 0 Å². The fourth-order valence-electron chi connectivity index (χ4n) is 2.61. The number of hydrogen-bond donors (Lipinski definition) is 1. The molecule has 0 aliphatic carbocycles. The van der Waals surface area contributed by atoms with Gasteiger partial charge in [0.15, 0.2) is 0 Å². The van der Waals surface area contributed by atoms with Gasteiger partial charge in [-0.2, -0.15) is 13.2 Å². The third-order valence-electron chi connectivity index (χ3n) is 3.47. The lowest BCUT2D eigenvalue weighted by atomic mass is 10.2. The standard InChI is InChI=1S/C13H14F3N3/c14-13(15,16)12-18-10-5-1-2-6-11(10)19(12)8-9-4-3-7-17-9/h1-2,5-6,9,17H,3-4,7-8H2. The number of halogens is 3. The number of fused-ring (bicyclic) bond motifs is 1. The highest BCUT2D eigenvalue weighted by atomic mass is 19.4. The van der Waals surface area contributed by atoms with Crippen molar-refractivity contribution < 1.29 is 13.2 Å². The minimum atomic E-state index is -4.42. The molecule has 1 aromatic heterocycles. The second kappa shape index (κ2) is 4.52. The van der Waals surface area contributed by atoms with Crippen LogP contribution in [0.2, 0.25) is 0 Å². The van der Waals surface area contributed by atoms with E-state index in [0.29, 0.717) is 17.6 Å². The molecule has 0 bridgehead atoms. The first-order valence-corrected chi connectivity index (χ1v) is 6.31. The first-order chi connectivity index (χ1) is 9.05. The molecule has 0 spiro atoms. The van der Waals surface area contributed by atoms with Crippen LogP contribution in [-0.2, 0) is 12.7 Å². The van der Waals surface area contributed by atoms with Crippen LogP contribution in [0, 0.1) is 0 Å². The largest absolute Gasteiger partial charge is 0.449 e. The Morgan fingerprint density at radius 3 is 2.79 bits per heavy atom. The molecule has 3 rings (SSSR count). The van der Waals surface area contributed by atoms with E-state index in [0.717, 1.165) is 19.4 Å². The van der Waals surface area contributed by atoms with Crippen molar-refractivity contribution in [2.24, 2.45) is 0 Å². The third kappa shape index (κ3) is 2.32.